The van der Waals surface area contributed by atoms with Crippen LogP contribution in [0.2, 0.25) is 0 Å². The summed E-state index contributed by atoms with van der Waals surface area (Å²) in [5, 5.41) is 0. The Bertz CT molecular complexity index is 153. The molecule has 0 aromatic rings. The number of carbonyl (C=O) groups is 1. The largest absolute Gasteiger partial charge is 0.380 e. The summed E-state index contributed by atoms with van der Waals surface area (Å²) in [7, 11) is 0. The lowest BCUT2D eigenvalue weighted by molar-refractivity contribution is -0.133. The predicted octanol–water partition coefficient (Wildman–Crippen LogP) is 1.00. The lowest BCUT2D eigenvalue weighted by Gasteiger charge is -2.32. The number of ketones is 1. The van der Waals surface area contributed by atoms with Crippen molar-refractivity contribution in [3.63, 3.8) is 0 Å². The van der Waals surface area contributed by atoms with E-state index in [0.717, 1.165) is 25.9 Å². The van der Waals surface area contributed by atoms with Crippen LogP contribution in [0.15, 0.2) is 0 Å². The number of rotatable bonds is 0. The van der Waals surface area contributed by atoms with Crippen LogP contribution in [0.4, 0.5) is 0 Å². The Labute approximate surface area is 60.6 Å². The minimum Gasteiger partial charge on any atom is -0.380 e. The van der Waals surface area contributed by atoms with Crippen LogP contribution in [-0.2, 0) is 9.53 Å². The first kappa shape index (κ1) is 6.35. The Hall–Kier alpha value is -0.370. The maximum atomic E-state index is 11.1. The molecule has 2 atom stereocenters. The van der Waals surface area contributed by atoms with E-state index in [1.807, 2.05) is 0 Å². The van der Waals surface area contributed by atoms with E-state index in [1.54, 1.807) is 0 Å². The molecule has 1 saturated carbocycles. The molecule has 2 fully saturated rings. The molecule has 2 unspecified atom stereocenters. The normalized spacial score (nSPS) is 39.8. The second-order valence-corrected chi connectivity index (χ2v) is 3.34. The first-order valence-electron chi connectivity index (χ1n) is 3.96. The molecule has 1 aliphatic carbocycles. The minimum absolute atomic E-state index is 0.257. The van der Waals surface area contributed by atoms with E-state index in [-0.39, 0.29) is 5.92 Å². The second-order valence-electron chi connectivity index (χ2n) is 3.34. The number of ether oxygens (including phenoxy) is 1. The summed E-state index contributed by atoms with van der Waals surface area (Å²) in [4.78, 5) is 11.1. The summed E-state index contributed by atoms with van der Waals surface area (Å²) < 4.78 is 5.29. The fourth-order valence-corrected chi connectivity index (χ4v) is 1.89. The lowest BCUT2D eigenvalue weighted by atomic mass is 9.80. The van der Waals surface area contributed by atoms with Crippen LogP contribution >= 0.6 is 0 Å². The van der Waals surface area contributed by atoms with Crippen molar-refractivity contribution in [2.45, 2.75) is 19.3 Å². The number of Topliss-reactive ketones (excluding diaryl/α,β-unsaturated/α-hetero) is 1. The summed E-state index contributed by atoms with van der Waals surface area (Å²) in [6.45, 7) is 1.58. The molecule has 0 aromatic carbocycles. The van der Waals surface area contributed by atoms with Gasteiger partial charge < -0.3 is 4.74 Å². The monoisotopic (exact) mass is 140 g/mol. The van der Waals surface area contributed by atoms with Gasteiger partial charge in [0.2, 0.25) is 0 Å². The second kappa shape index (κ2) is 2.35. The fraction of sp³-hybridized carbons (Fsp3) is 0.875. The van der Waals surface area contributed by atoms with E-state index >= 15 is 0 Å². The highest BCUT2D eigenvalue weighted by Crippen LogP contribution is 2.30. The Balaban J connectivity index is 2.07. The van der Waals surface area contributed by atoms with Gasteiger partial charge in [0.05, 0.1) is 6.61 Å². The molecule has 1 saturated heterocycles. The zero-order chi connectivity index (χ0) is 6.97. The molecule has 0 N–H and O–H groups in total. The molecule has 0 radical (unpaired) electrons. The van der Waals surface area contributed by atoms with Crippen molar-refractivity contribution in [2.24, 2.45) is 11.8 Å². The Kier molecular flexibility index (Phi) is 1.49. The van der Waals surface area contributed by atoms with Crippen molar-refractivity contribution in [3.05, 3.63) is 0 Å². The van der Waals surface area contributed by atoms with Crippen LogP contribution in [-0.4, -0.2) is 19.0 Å². The summed E-state index contributed by atoms with van der Waals surface area (Å²) in [5.41, 5.74) is 0. The molecule has 1 aliphatic heterocycles. The van der Waals surface area contributed by atoms with Gasteiger partial charge in [0.1, 0.15) is 5.78 Å². The van der Waals surface area contributed by atoms with Crippen molar-refractivity contribution in [3.8, 4) is 0 Å². The summed E-state index contributed by atoms with van der Waals surface area (Å²) >= 11 is 0. The van der Waals surface area contributed by atoms with Gasteiger partial charge in [-0.2, -0.15) is 0 Å². The number of carbonyl (C=O) groups excluding carboxylic acids is 1. The van der Waals surface area contributed by atoms with Crippen molar-refractivity contribution in [2.75, 3.05) is 13.2 Å². The van der Waals surface area contributed by atoms with E-state index in [4.69, 9.17) is 4.74 Å². The van der Waals surface area contributed by atoms with Gasteiger partial charge in [-0.25, -0.2) is 0 Å². The molecular formula is C8H12O2. The molecule has 0 aromatic heterocycles. The van der Waals surface area contributed by atoms with Crippen molar-refractivity contribution >= 4 is 5.78 Å². The fourth-order valence-electron chi connectivity index (χ4n) is 1.89. The third-order valence-electron chi connectivity index (χ3n) is 2.54. The average Bonchev–Trinajstić information content (AvgIpc) is 1.99. The topological polar surface area (TPSA) is 26.3 Å². The van der Waals surface area contributed by atoms with Crippen LogP contribution < -0.4 is 0 Å². The van der Waals surface area contributed by atoms with E-state index in [0.29, 0.717) is 18.3 Å². The zero-order valence-corrected chi connectivity index (χ0v) is 6.01. The van der Waals surface area contributed by atoms with Crippen molar-refractivity contribution < 1.29 is 9.53 Å². The van der Waals surface area contributed by atoms with Gasteiger partial charge in [0.15, 0.2) is 0 Å². The lowest BCUT2D eigenvalue weighted by Crippen LogP contribution is -2.35. The zero-order valence-electron chi connectivity index (χ0n) is 6.01. The highest BCUT2D eigenvalue weighted by atomic mass is 16.5. The first-order valence-corrected chi connectivity index (χ1v) is 3.96. The third-order valence-corrected chi connectivity index (χ3v) is 2.54. The molecule has 2 nitrogen and oxygen atoms in total. The SMILES string of the molecule is O=C1CCC2COCC1C2. The molecule has 0 amide bonds. The van der Waals surface area contributed by atoms with Gasteiger partial charge in [-0.05, 0) is 18.8 Å². The number of hydrogen-bond acceptors (Lipinski definition) is 2. The highest BCUT2D eigenvalue weighted by Gasteiger charge is 2.32. The summed E-state index contributed by atoms with van der Waals surface area (Å²) in [5.74, 6) is 1.37. The maximum Gasteiger partial charge on any atom is 0.138 e. The summed E-state index contributed by atoms with van der Waals surface area (Å²) in [6.07, 6.45) is 2.97. The van der Waals surface area contributed by atoms with Gasteiger partial charge >= 0.3 is 0 Å². The van der Waals surface area contributed by atoms with Crippen LogP contribution in [0.3, 0.4) is 0 Å². The molecule has 1 heterocycles. The Morgan fingerprint density at radius 1 is 1.40 bits per heavy atom. The average molecular weight is 140 g/mol. The molecule has 2 rings (SSSR count). The van der Waals surface area contributed by atoms with E-state index in [1.165, 1.54) is 0 Å². The van der Waals surface area contributed by atoms with E-state index in [2.05, 4.69) is 0 Å². The smallest absolute Gasteiger partial charge is 0.138 e. The maximum absolute atomic E-state index is 11.1. The van der Waals surface area contributed by atoms with E-state index in [9.17, 15) is 4.79 Å². The van der Waals surface area contributed by atoms with Crippen LogP contribution in [0, 0.1) is 11.8 Å². The van der Waals surface area contributed by atoms with Crippen LogP contribution in [0.1, 0.15) is 19.3 Å². The number of fused-ring (bicyclic) bond motifs is 2. The molecule has 2 bridgehead atoms. The van der Waals surface area contributed by atoms with Crippen LogP contribution in [0.25, 0.3) is 0 Å². The molecular weight excluding hydrogens is 128 g/mol. The highest BCUT2D eigenvalue weighted by molar-refractivity contribution is 5.82. The van der Waals surface area contributed by atoms with Gasteiger partial charge in [-0.3, -0.25) is 4.79 Å². The van der Waals surface area contributed by atoms with Gasteiger partial charge in [0, 0.05) is 18.9 Å². The first-order chi connectivity index (χ1) is 4.86. The number of hydrogen-bond donors (Lipinski definition) is 0. The Morgan fingerprint density at radius 2 is 2.30 bits per heavy atom. The van der Waals surface area contributed by atoms with Crippen molar-refractivity contribution in [1.29, 1.82) is 0 Å². The van der Waals surface area contributed by atoms with Crippen LogP contribution in [0.5, 0.6) is 0 Å². The van der Waals surface area contributed by atoms with Gasteiger partial charge in [-0.15, -0.1) is 0 Å². The minimum atomic E-state index is 0.257. The quantitative estimate of drug-likeness (QED) is 0.501. The van der Waals surface area contributed by atoms with Crippen molar-refractivity contribution in [1.82, 2.24) is 0 Å². The standard InChI is InChI=1S/C8H12O2/c9-8-2-1-6-3-7(8)5-10-4-6/h6-7H,1-5H2. The van der Waals surface area contributed by atoms with E-state index < -0.39 is 0 Å². The van der Waals surface area contributed by atoms with Gasteiger partial charge in [-0.1, -0.05) is 0 Å². The van der Waals surface area contributed by atoms with Gasteiger partial charge in [0.25, 0.3) is 0 Å². The molecule has 2 heteroatoms. The molecule has 10 heavy (non-hydrogen) atoms. The predicted molar refractivity (Wildman–Crippen MR) is 36.7 cm³/mol. The molecule has 56 valence electrons. The Morgan fingerprint density at radius 3 is 3.10 bits per heavy atom. The molecule has 0 spiro atoms. The summed E-state index contributed by atoms with van der Waals surface area (Å²) in [6, 6.07) is 0. The third kappa shape index (κ3) is 0.966. The molecule has 2 aliphatic rings.